The van der Waals surface area contributed by atoms with Gasteiger partial charge in [0, 0.05) is 14.9 Å². The van der Waals surface area contributed by atoms with E-state index in [0.717, 1.165) is 16.9 Å². The molecule has 7 nitrogen and oxygen atoms in total. The lowest BCUT2D eigenvalue weighted by Crippen LogP contribution is -2.20. The first-order chi connectivity index (χ1) is 13.9. The molecule has 0 spiro atoms. The average molecular weight is 470 g/mol. The molecular formula is C18H17Cl2N5O2S2. The summed E-state index contributed by atoms with van der Waals surface area (Å²) in [7, 11) is 1.34. The quantitative estimate of drug-likeness (QED) is 0.394. The average Bonchev–Trinajstić information content (AvgIpc) is 3.30. The van der Waals surface area contributed by atoms with Crippen LogP contribution in [0.2, 0.25) is 10.0 Å². The summed E-state index contributed by atoms with van der Waals surface area (Å²) in [4.78, 5) is 17.2. The van der Waals surface area contributed by atoms with Crippen molar-refractivity contribution in [3.05, 3.63) is 56.6 Å². The number of thiocarbonyl (C=S) groups is 1. The summed E-state index contributed by atoms with van der Waals surface area (Å²) < 4.78 is 6.45. The number of benzene rings is 1. The molecule has 2 aromatic heterocycles. The highest BCUT2D eigenvalue weighted by Crippen LogP contribution is 2.29. The van der Waals surface area contributed by atoms with Gasteiger partial charge in [0.15, 0.2) is 5.11 Å². The van der Waals surface area contributed by atoms with Crippen LogP contribution in [0.1, 0.15) is 27.7 Å². The molecule has 0 saturated carbocycles. The molecule has 0 aliphatic heterocycles. The Kier molecular flexibility index (Phi) is 7.07. The van der Waals surface area contributed by atoms with Crippen LogP contribution in [-0.2, 0) is 17.7 Å². The van der Waals surface area contributed by atoms with Crippen LogP contribution in [0.5, 0.6) is 0 Å². The van der Waals surface area contributed by atoms with Crippen molar-refractivity contribution >= 4 is 68.8 Å². The number of carbonyl (C=O) groups excluding carboxylic acids is 1. The fourth-order valence-electron chi connectivity index (χ4n) is 2.46. The van der Waals surface area contributed by atoms with Crippen molar-refractivity contribution < 1.29 is 9.53 Å². The van der Waals surface area contributed by atoms with Gasteiger partial charge in [-0.25, -0.2) is 14.5 Å². The third-order valence-corrected chi connectivity index (χ3v) is 5.86. The Morgan fingerprint density at radius 3 is 2.79 bits per heavy atom. The first-order valence-corrected chi connectivity index (χ1v) is 10.5. The molecule has 0 amide bonds. The van der Waals surface area contributed by atoms with Gasteiger partial charge in [-0.1, -0.05) is 36.2 Å². The third-order valence-electron chi connectivity index (χ3n) is 3.87. The zero-order valence-corrected chi connectivity index (χ0v) is 18.7. The van der Waals surface area contributed by atoms with E-state index in [-0.39, 0.29) is 5.11 Å². The number of halogens is 2. The number of nitrogens with zero attached hydrogens (tertiary/aromatic N) is 3. The number of anilines is 2. The van der Waals surface area contributed by atoms with Gasteiger partial charge in [-0.3, -0.25) is 5.32 Å². The van der Waals surface area contributed by atoms with Crippen molar-refractivity contribution in [2.45, 2.75) is 19.9 Å². The van der Waals surface area contributed by atoms with Crippen molar-refractivity contribution in [2.24, 2.45) is 0 Å². The van der Waals surface area contributed by atoms with Crippen LogP contribution in [0.25, 0.3) is 0 Å². The zero-order valence-electron chi connectivity index (χ0n) is 15.5. The number of methoxy groups -OCH3 is 1. The number of nitrogens with one attached hydrogen (secondary N) is 2. The lowest BCUT2D eigenvalue weighted by atomic mass is 10.2. The summed E-state index contributed by atoms with van der Waals surface area (Å²) in [6, 6.07) is 7.08. The smallest absolute Gasteiger partial charge is 0.340 e. The Balaban J connectivity index is 1.66. The number of carbonyl (C=O) groups is 1. The van der Waals surface area contributed by atoms with Crippen LogP contribution in [-0.4, -0.2) is 33.0 Å². The Morgan fingerprint density at radius 1 is 1.31 bits per heavy atom. The number of aryl methyl sites for hydroxylation is 1. The number of hydrogen-bond donors (Lipinski definition) is 2. The van der Waals surface area contributed by atoms with Crippen molar-refractivity contribution in [3.63, 3.8) is 0 Å². The minimum atomic E-state index is -0.423. The molecule has 0 saturated heterocycles. The van der Waals surface area contributed by atoms with Crippen LogP contribution >= 0.6 is 46.8 Å². The van der Waals surface area contributed by atoms with Gasteiger partial charge in [-0.05, 0) is 42.4 Å². The molecule has 0 aliphatic carbocycles. The van der Waals surface area contributed by atoms with E-state index in [0.29, 0.717) is 33.1 Å². The van der Waals surface area contributed by atoms with Gasteiger partial charge in [0.1, 0.15) is 11.3 Å². The van der Waals surface area contributed by atoms with Gasteiger partial charge in [0.2, 0.25) is 5.95 Å². The van der Waals surface area contributed by atoms with Crippen molar-refractivity contribution in [1.82, 2.24) is 14.8 Å². The monoisotopic (exact) mass is 469 g/mol. The SMILES string of the molecule is CCc1cc(C(=O)OC)c(NC(=S)Nc2ncn(Cc3ccc(Cl)cc3Cl)n2)s1. The minimum Gasteiger partial charge on any atom is -0.465 e. The van der Waals surface area contributed by atoms with Crippen LogP contribution in [0, 0.1) is 0 Å². The van der Waals surface area contributed by atoms with E-state index in [9.17, 15) is 4.79 Å². The van der Waals surface area contributed by atoms with Crippen LogP contribution in [0.15, 0.2) is 30.6 Å². The molecule has 3 aromatic rings. The van der Waals surface area contributed by atoms with Gasteiger partial charge in [0.25, 0.3) is 0 Å². The van der Waals surface area contributed by atoms with E-state index in [1.54, 1.807) is 29.2 Å². The second-order valence-electron chi connectivity index (χ2n) is 5.88. The van der Waals surface area contributed by atoms with E-state index in [4.69, 9.17) is 40.2 Å². The summed E-state index contributed by atoms with van der Waals surface area (Å²) in [6.45, 7) is 2.44. The van der Waals surface area contributed by atoms with E-state index < -0.39 is 5.97 Å². The molecule has 3 rings (SSSR count). The standard InChI is InChI=1S/C18H17Cl2N5O2S2/c1-3-12-7-13(16(26)27-2)15(29-12)22-18(28)23-17-21-9-25(24-17)8-10-4-5-11(19)6-14(10)20/h4-7,9H,3,8H2,1-2H3,(H2,22,23,24,28). The maximum absolute atomic E-state index is 12.0. The summed E-state index contributed by atoms with van der Waals surface area (Å²) in [5, 5.41) is 12.3. The first kappa shape index (κ1) is 21.5. The maximum Gasteiger partial charge on any atom is 0.340 e. The first-order valence-electron chi connectivity index (χ1n) is 8.52. The molecule has 0 bridgehead atoms. The molecule has 0 unspecified atom stereocenters. The highest BCUT2D eigenvalue weighted by atomic mass is 35.5. The van der Waals surface area contributed by atoms with Crippen molar-refractivity contribution in [2.75, 3.05) is 17.7 Å². The van der Waals surface area contributed by atoms with Crippen molar-refractivity contribution in [1.29, 1.82) is 0 Å². The number of thiophene rings is 1. The predicted octanol–water partition coefficient (Wildman–Crippen LogP) is 4.85. The van der Waals surface area contributed by atoms with Gasteiger partial charge < -0.3 is 10.1 Å². The molecule has 0 aliphatic rings. The predicted molar refractivity (Wildman–Crippen MR) is 120 cm³/mol. The lowest BCUT2D eigenvalue weighted by Gasteiger charge is -2.08. The number of rotatable bonds is 6. The van der Waals surface area contributed by atoms with E-state index in [2.05, 4.69) is 20.7 Å². The summed E-state index contributed by atoms with van der Waals surface area (Å²) in [5.74, 6) is -0.104. The van der Waals surface area contributed by atoms with Crippen molar-refractivity contribution in [3.8, 4) is 0 Å². The molecular weight excluding hydrogens is 453 g/mol. The Morgan fingerprint density at radius 2 is 2.10 bits per heavy atom. The summed E-state index contributed by atoms with van der Waals surface area (Å²) in [6.07, 6.45) is 2.37. The van der Waals surface area contributed by atoms with E-state index >= 15 is 0 Å². The Hall–Kier alpha value is -2.20. The summed E-state index contributed by atoms with van der Waals surface area (Å²) in [5.41, 5.74) is 1.30. The maximum atomic E-state index is 12.0. The fraction of sp³-hybridized carbons (Fsp3) is 0.222. The zero-order chi connectivity index (χ0) is 21.0. The molecule has 0 atom stereocenters. The molecule has 2 N–H and O–H groups in total. The molecule has 0 fully saturated rings. The highest BCUT2D eigenvalue weighted by molar-refractivity contribution is 7.80. The third kappa shape index (κ3) is 5.45. The second kappa shape index (κ2) is 9.53. The van der Waals surface area contributed by atoms with Gasteiger partial charge >= 0.3 is 5.97 Å². The van der Waals surface area contributed by atoms with E-state index in [1.165, 1.54) is 18.4 Å². The largest absolute Gasteiger partial charge is 0.465 e. The van der Waals surface area contributed by atoms with Gasteiger partial charge in [-0.2, -0.15) is 0 Å². The van der Waals surface area contributed by atoms with Crippen LogP contribution < -0.4 is 10.6 Å². The normalized spacial score (nSPS) is 10.6. The van der Waals surface area contributed by atoms with Gasteiger partial charge in [0.05, 0.1) is 19.2 Å². The molecule has 1 aromatic carbocycles. The minimum absolute atomic E-state index is 0.266. The fourth-order valence-corrected chi connectivity index (χ4v) is 4.17. The Labute approximate surface area is 187 Å². The highest BCUT2D eigenvalue weighted by Gasteiger charge is 2.17. The topological polar surface area (TPSA) is 81.1 Å². The lowest BCUT2D eigenvalue weighted by molar-refractivity contribution is 0.0602. The molecule has 152 valence electrons. The molecule has 2 heterocycles. The second-order valence-corrected chi connectivity index (χ2v) is 8.27. The van der Waals surface area contributed by atoms with Gasteiger partial charge in [-0.15, -0.1) is 16.4 Å². The number of hydrogen-bond acceptors (Lipinski definition) is 6. The number of esters is 1. The summed E-state index contributed by atoms with van der Waals surface area (Å²) >= 11 is 18.9. The molecule has 11 heteroatoms. The Bertz CT molecular complexity index is 1050. The molecule has 29 heavy (non-hydrogen) atoms. The number of aromatic nitrogens is 3. The van der Waals surface area contributed by atoms with Crippen LogP contribution in [0.4, 0.5) is 10.9 Å². The van der Waals surface area contributed by atoms with Crippen LogP contribution in [0.3, 0.4) is 0 Å². The molecule has 0 radical (unpaired) electrons. The number of ether oxygens (including phenoxy) is 1. The van der Waals surface area contributed by atoms with E-state index in [1.807, 2.05) is 13.0 Å².